The van der Waals surface area contributed by atoms with E-state index in [0.29, 0.717) is 25.9 Å². The molecule has 0 saturated carbocycles. The highest BCUT2D eigenvalue weighted by molar-refractivity contribution is 5.79. The number of unbranched alkanes of at least 4 members (excludes halogenated alkanes) is 1. The molecule has 0 aromatic rings. The third kappa shape index (κ3) is 11.5. The molecule has 0 spiro atoms. The van der Waals surface area contributed by atoms with E-state index < -0.39 is 0 Å². The summed E-state index contributed by atoms with van der Waals surface area (Å²) >= 11 is 0. The molecule has 1 saturated heterocycles. The largest absolute Gasteiger partial charge is 0.379 e. The molecule has 1 unspecified atom stereocenters. The van der Waals surface area contributed by atoms with Gasteiger partial charge in [-0.05, 0) is 26.8 Å². The lowest BCUT2D eigenvalue weighted by atomic mass is 10.2. The number of guanidine groups is 1. The van der Waals surface area contributed by atoms with Gasteiger partial charge in [0.05, 0.1) is 26.4 Å². The summed E-state index contributed by atoms with van der Waals surface area (Å²) in [5, 5.41) is 6.67. The SMILES string of the molecule is CCCCOCCOCCNC(=NCC(C)N1CCN(CC)CC1)NCC. The maximum atomic E-state index is 5.60. The monoisotopic (exact) mass is 385 g/mol. The first-order valence-electron chi connectivity index (χ1n) is 10.8. The van der Waals surface area contributed by atoms with E-state index >= 15 is 0 Å². The number of nitrogens with one attached hydrogen (secondary N) is 2. The third-order valence-electron chi connectivity index (χ3n) is 4.89. The number of piperazine rings is 1. The molecule has 0 aromatic carbocycles. The van der Waals surface area contributed by atoms with Crippen LogP contribution in [0.15, 0.2) is 4.99 Å². The molecular weight excluding hydrogens is 342 g/mol. The summed E-state index contributed by atoms with van der Waals surface area (Å²) in [6.45, 7) is 19.8. The number of hydrogen-bond donors (Lipinski definition) is 2. The van der Waals surface area contributed by atoms with E-state index in [9.17, 15) is 0 Å². The fraction of sp³-hybridized carbons (Fsp3) is 0.950. The van der Waals surface area contributed by atoms with Crippen molar-refractivity contribution < 1.29 is 9.47 Å². The van der Waals surface area contributed by atoms with Crippen molar-refractivity contribution in [3.8, 4) is 0 Å². The van der Waals surface area contributed by atoms with Crippen LogP contribution in [0, 0.1) is 0 Å². The smallest absolute Gasteiger partial charge is 0.191 e. The first kappa shape index (κ1) is 24.1. The Morgan fingerprint density at radius 2 is 1.67 bits per heavy atom. The van der Waals surface area contributed by atoms with E-state index in [-0.39, 0.29) is 0 Å². The Kier molecular flexibility index (Phi) is 14.4. The number of rotatable bonds is 14. The maximum Gasteiger partial charge on any atom is 0.191 e. The van der Waals surface area contributed by atoms with Gasteiger partial charge >= 0.3 is 0 Å². The molecule has 1 heterocycles. The van der Waals surface area contributed by atoms with E-state index in [4.69, 9.17) is 14.5 Å². The summed E-state index contributed by atoms with van der Waals surface area (Å²) in [6.07, 6.45) is 2.29. The van der Waals surface area contributed by atoms with Gasteiger partial charge in [0.15, 0.2) is 5.96 Å². The average molecular weight is 386 g/mol. The van der Waals surface area contributed by atoms with Crippen molar-refractivity contribution in [2.24, 2.45) is 4.99 Å². The number of aliphatic imine (C=N–C) groups is 1. The topological polar surface area (TPSA) is 61.4 Å². The summed E-state index contributed by atoms with van der Waals surface area (Å²) < 4.78 is 11.1. The summed E-state index contributed by atoms with van der Waals surface area (Å²) in [5.74, 6) is 0.874. The fourth-order valence-electron chi connectivity index (χ4n) is 3.01. The van der Waals surface area contributed by atoms with Crippen LogP contribution in [0.4, 0.5) is 0 Å². The molecule has 1 fully saturated rings. The first-order valence-corrected chi connectivity index (χ1v) is 10.8. The summed E-state index contributed by atoms with van der Waals surface area (Å²) in [7, 11) is 0. The lowest BCUT2D eigenvalue weighted by Crippen LogP contribution is -2.50. The van der Waals surface area contributed by atoms with Gasteiger partial charge in [-0.15, -0.1) is 0 Å². The van der Waals surface area contributed by atoms with E-state index in [2.05, 4.69) is 48.1 Å². The minimum Gasteiger partial charge on any atom is -0.379 e. The van der Waals surface area contributed by atoms with Gasteiger partial charge in [-0.3, -0.25) is 9.89 Å². The molecular formula is C20H43N5O2. The number of nitrogens with zero attached hydrogens (tertiary/aromatic N) is 3. The second-order valence-corrected chi connectivity index (χ2v) is 7.04. The van der Waals surface area contributed by atoms with Gasteiger partial charge in [-0.1, -0.05) is 20.3 Å². The normalized spacial score (nSPS) is 17.9. The minimum atomic E-state index is 0.469. The van der Waals surface area contributed by atoms with Crippen LogP contribution in [0.2, 0.25) is 0 Å². The highest BCUT2D eigenvalue weighted by Gasteiger charge is 2.19. The molecule has 0 bridgehead atoms. The molecule has 27 heavy (non-hydrogen) atoms. The zero-order chi connectivity index (χ0) is 19.7. The molecule has 7 nitrogen and oxygen atoms in total. The van der Waals surface area contributed by atoms with Crippen LogP contribution >= 0.6 is 0 Å². The average Bonchev–Trinajstić information content (AvgIpc) is 2.70. The van der Waals surface area contributed by atoms with Gasteiger partial charge in [-0.25, -0.2) is 0 Å². The minimum absolute atomic E-state index is 0.469. The van der Waals surface area contributed by atoms with Gasteiger partial charge < -0.3 is 25.0 Å². The van der Waals surface area contributed by atoms with Crippen LogP contribution in [0.25, 0.3) is 0 Å². The van der Waals surface area contributed by atoms with Crippen LogP contribution in [-0.2, 0) is 9.47 Å². The zero-order valence-electron chi connectivity index (χ0n) is 18.1. The standard InChI is InChI=1S/C20H43N5O2/c1-5-8-14-26-16-17-27-15-9-22-20(21-6-2)23-18-19(4)25-12-10-24(7-3)11-13-25/h19H,5-18H2,1-4H3,(H2,21,22,23). The Hall–Kier alpha value is -0.890. The number of hydrogen-bond acceptors (Lipinski definition) is 5. The Morgan fingerprint density at radius 3 is 2.30 bits per heavy atom. The van der Waals surface area contributed by atoms with Gasteiger partial charge in [0, 0.05) is 51.9 Å². The highest BCUT2D eigenvalue weighted by atomic mass is 16.5. The Morgan fingerprint density at radius 1 is 0.963 bits per heavy atom. The van der Waals surface area contributed by atoms with Gasteiger partial charge in [0.2, 0.25) is 0 Å². The predicted octanol–water partition coefficient (Wildman–Crippen LogP) is 1.40. The molecule has 0 aliphatic carbocycles. The van der Waals surface area contributed by atoms with Crippen molar-refractivity contribution in [2.45, 2.75) is 46.6 Å². The van der Waals surface area contributed by atoms with Crippen LogP contribution in [-0.4, -0.2) is 101 Å². The van der Waals surface area contributed by atoms with Gasteiger partial charge in [-0.2, -0.15) is 0 Å². The van der Waals surface area contributed by atoms with Crippen LogP contribution in [0.5, 0.6) is 0 Å². The Balaban J connectivity index is 2.17. The Labute approximate surface area is 166 Å². The third-order valence-corrected chi connectivity index (χ3v) is 4.89. The first-order chi connectivity index (χ1) is 13.2. The van der Waals surface area contributed by atoms with E-state index in [1.54, 1.807) is 0 Å². The molecule has 2 N–H and O–H groups in total. The van der Waals surface area contributed by atoms with Crippen molar-refractivity contribution in [3.05, 3.63) is 0 Å². The second-order valence-electron chi connectivity index (χ2n) is 7.04. The lowest BCUT2D eigenvalue weighted by molar-refractivity contribution is 0.0487. The quantitative estimate of drug-likeness (QED) is 0.268. The molecule has 0 radical (unpaired) electrons. The molecule has 1 aliphatic rings. The number of likely N-dealkylation sites (N-methyl/N-ethyl adjacent to an activating group) is 1. The van der Waals surface area contributed by atoms with Crippen LogP contribution < -0.4 is 10.6 Å². The maximum absolute atomic E-state index is 5.60. The molecule has 0 amide bonds. The summed E-state index contributed by atoms with van der Waals surface area (Å²) in [5.41, 5.74) is 0. The van der Waals surface area contributed by atoms with Crippen molar-refractivity contribution in [1.82, 2.24) is 20.4 Å². The molecule has 0 aromatic heterocycles. The predicted molar refractivity (Wildman–Crippen MR) is 114 cm³/mol. The van der Waals surface area contributed by atoms with Crippen molar-refractivity contribution >= 4 is 5.96 Å². The van der Waals surface area contributed by atoms with Crippen LogP contribution in [0.3, 0.4) is 0 Å². The van der Waals surface area contributed by atoms with E-state index in [0.717, 1.165) is 58.3 Å². The molecule has 1 aliphatic heterocycles. The molecule has 160 valence electrons. The highest BCUT2D eigenvalue weighted by Crippen LogP contribution is 2.06. The lowest BCUT2D eigenvalue weighted by Gasteiger charge is -2.37. The molecule has 1 rings (SSSR count). The van der Waals surface area contributed by atoms with Crippen molar-refractivity contribution in [3.63, 3.8) is 0 Å². The summed E-state index contributed by atoms with van der Waals surface area (Å²) in [4.78, 5) is 9.80. The van der Waals surface area contributed by atoms with E-state index in [1.807, 2.05) is 0 Å². The van der Waals surface area contributed by atoms with E-state index in [1.165, 1.54) is 19.5 Å². The Bertz CT molecular complexity index is 373. The molecule has 1 atom stereocenters. The van der Waals surface area contributed by atoms with Gasteiger partial charge in [0.25, 0.3) is 0 Å². The fourth-order valence-corrected chi connectivity index (χ4v) is 3.01. The zero-order valence-corrected chi connectivity index (χ0v) is 18.1. The van der Waals surface area contributed by atoms with Crippen molar-refractivity contribution in [1.29, 1.82) is 0 Å². The van der Waals surface area contributed by atoms with Crippen LogP contribution in [0.1, 0.15) is 40.5 Å². The second kappa shape index (κ2) is 16.1. The van der Waals surface area contributed by atoms with Gasteiger partial charge in [0.1, 0.15) is 0 Å². The molecule has 7 heteroatoms. The number of ether oxygens (including phenoxy) is 2. The van der Waals surface area contributed by atoms with Crippen molar-refractivity contribution in [2.75, 3.05) is 78.8 Å². The summed E-state index contributed by atoms with van der Waals surface area (Å²) in [6, 6.07) is 0.469.